The van der Waals surface area contributed by atoms with Gasteiger partial charge in [-0.2, -0.15) is 0 Å². The van der Waals surface area contributed by atoms with Gasteiger partial charge in [0.2, 0.25) is 0 Å². The van der Waals surface area contributed by atoms with Gasteiger partial charge in [0.25, 0.3) is 0 Å². The minimum atomic E-state index is -0.409. The first kappa shape index (κ1) is 17.7. The van der Waals surface area contributed by atoms with Crippen molar-refractivity contribution in [2.75, 3.05) is 13.7 Å². The van der Waals surface area contributed by atoms with Gasteiger partial charge in [0.15, 0.2) is 0 Å². The lowest BCUT2D eigenvalue weighted by Gasteiger charge is -2.14. The number of carbonyl (C=O) groups excluding carboxylic acids is 1. The second kappa shape index (κ2) is 8.30. The largest absolute Gasteiger partial charge is 0.496 e. The lowest BCUT2D eigenvalue weighted by Crippen LogP contribution is -2.09. The van der Waals surface area contributed by atoms with E-state index in [1.165, 1.54) is 0 Å². The van der Waals surface area contributed by atoms with Crippen LogP contribution in [-0.4, -0.2) is 24.7 Å². The van der Waals surface area contributed by atoms with E-state index >= 15 is 0 Å². The number of para-hydroxylation sites is 1. The van der Waals surface area contributed by atoms with Crippen LogP contribution in [0.25, 0.3) is 11.1 Å². The number of aromatic nitrogens is 1. The highest BCUT2D eigenvalue weighted by atomic mass is 16.5. The summed E-state index contributed by atoms with van der Waals surface area (Å²) in [5.74, 6) is 0.362. The summed E-state index contributed by atoms with van der Waals surface area (Å²) in [6, 6.07) is 21.5. The van der Waals surface area contributed by atoms with Gasteiger partial charge in [-0.3, -0.25) is 0 Å². The van der Waals surface area contributed by atoms with E-state index in [4.69, 9.17) is 9.47 Å². The third-order valence-electron chi connectivity index (χ3n) is 4.07. The molecule has 1 heterocycles. The fourth-order valence-corrected chi connectivity index (χ4v) is 2.86. The van der Waals surface area contributed by atoms with Crippen molar-refractivity contribution in [3.8, 4) is 16.9 Å². The van der Waals surface area contributed by atoms with Crippen LogP contribution in [0.2, 0.25) is 0 Å². The highest BCUT2D eigenvalue weighted by molar-refractivity contribution is 5.88. The fourth-order valence-electron chi connectivity index (χ4n) is 2.86. The molecular weight excluding hydrogens is 326 g/mol. The molecule has 0 aliphatic carbocycles. The molecule has 3 rings (SSSR count). The molecule has 4 heteroatoms. The number of carbonyl (C=O) groups is 1. The molecule has 0 amide bonds. The van der Waals surface area contributed by atoms with Crippen molar-refractivity contribution in [1.82, 2.24) is 4.98 Å². The Morgan fingerprint density at radius 1 is 0.923 bits per heavy atom. The van der Waals surface area contributed by atoms with Gasteiger partial charge in [0.1, 0.15) is 11.4 Å². The van der Waals surface area contributed by atoms with Gasteiger partial charge in [-0.25, -0.2) is 9.78 Å². The summed E-state index contributed by atoms with van der Waals surface area (Å²) in [7, 11) is 1.65. The second-order valence-electron chi connectivity index (χ2n) is 5.77. The Bertz CT molecular complexity index is 891. The molecule has 0 N–H and O–H groups in total. The molecule has 0 radical (unpaired) electrons. The number of benzene rings is 2. The molecule has 0 aliphatic rings. The van der Waals surface area contributed by atoms with Gasteiger partial charge in [0.05, 0.1) is 19.4 Å². The minimum absolute atomic E-state index is 0.316. The van der Waals surface area contributed by atoms with Crippen LogP contribution in [0.3, 0.4) is 0 Å². The van der Waals surface area contributed by atoms with E-state index in [9.17, 15) is 4.79 Å². The van der Waals surface area contributed by atoms with Crippen molar-refractivity contribution in [2.24, 2.45) is 0 Å². The van der Waals surface area contributed by atoms with Crippen LogP contribution in [0.5, 0.6) is 5.75 Å². The Morgan fingerprint density at radius 3 is 2.38 bits per heavy atom. The number of ether oxygens (including phenoxy) is 2. The molecule has 2 aromatic carbocycles. The van der Waals surface area contributed by atoms with Crippen LogP contribution >= 0.6 is 0 Å². The van der Waals surface area contributed by atoms with E-state index in [-0.39, 0.29) is 0 Å². The number of pyridine rings is 1. The zero-order valence-electron chi connectivity index (χ0n) is 14.9. The number of rotatable bonds is 6. The van der Waals surface area contributed by atoms with Crippen molar-refractivity contribution >= 4 is 5.97 Å². The summed E-state index contributed by atoms with van der Waals surface area (Å²) in [6.07, 6.45) is 0.613. The summed E-state index contributed by atoms with van der Waals surface area (Å²) in [5, 5.41) is 0. The van der Waals surface area contributed by atoms with Gasteiger partial charge in [-0.05, 0) is 30.7 Å². The first-order valence-electron chi connectivity index (χ1n) is 8.57. The fraction of sp³-hybridized carbons (Fsp3) is 0.182. The normalized spacial score (nSPS) is 10.4. The van der Waals surface area contributed by atoms with E-state index < -0.39 is 5.97 Å². The van der Waals surface area contributed by atoms with Crippen molar-refractivity contribution < 1.29 is 14.3 Å². The average Bonchev–Trinajstić information content (AvgIpc) is 2.69. The van der Waals surface area contributed by atoms with Gasteiger partial charge in [0, 0.05) is 17.5 Å². The predicted molar refractivity (Wildman–Crippen MR) is 101 cm³/mol. The summed E-state index contributed by atoms with van der Waals surface area (Å²) >= 11 is 0. The molecule has 0 saturated carbocycles. The highest BCUT2D eigenvalue weighted by Gasteiger charge is 2.16. The maximum Gasteiger partial charge on any atom is 0.356 e. The first-order chi connectivity index (χ1) is 12.7. The zero-order chi connectivity index (χ0) is 18.4. The number of hydrogen-bond acceptors (Lipinski definition) is 4. The summed E-state index contributed by atoms with van der Waals surface area (Å²) in [4.78, 5) is 16.7. The van der Waals surface area contributed by atoms with Crippen LogP contribution in [0.1, 0.15) is 28.7 Å². The van der Waals surface area contributed by atoms with Gasteiger partial charge in [-0.15, -0.1) is 0 Å². The Morgan fingerprint density at radius 2 is 1.65 bits per heavy atom. The summed E-state index contributed by atoms with van der Waals surface area (Å²) in [6.45, 7) is 2.11. The molecule has 0 spiro atoms. The van der Waals surface area contributed by atoms with Crippen LogP contribution in [0.15, 0.2) is 66.7 Å². The monoisotopic (exact) mass is 347 g/mol. The summed E-state index contributed by atoms with van der Waals surface area (Å²) in [5.41, 5.74) is 4.14. The SMILES string of the molecule is CCOC(=O)c1ccc(-c2ccccc2OC)c(Cc2ccccc2)n1. The Labute approximate surface area is 153 Å². The number of esters is 1. The smallest absolute Gasteiger partial charge is 0.356 e. The van der Waals surface area contributed by atoms with Crippen LogP contribution in [-0.2, 0) is 11.2 Å². The quantitative estimate of drug-likeness (QED) is 0.615. The number of methoxy groups -OCH3 is 1. The molecule has 4 nitrogen and oxygen atoms in total. The molecule has 0 unspecified atom stereocenters. The molecule has 0 bridgehead atoms. The molecular formula is C22H21NO3. The molecule has 0 saturated heterocycles. The van der Waals surface area contributed by atoms with Crippen molar-refractivity contribution in [3.63, 3.8) is 0 Å². The average molecular weight is 347 g/mol. The van der Waals surface area contributed by atoms with E-state index in [2.05, 4.69) is 4.98 Å². The second-order valence-corrected chi connectivity index (χ2v) is 5.77. The lowest BCUT2D eigenvalue weighted by atomic mass is 9.98. The van der Waals surface area contributed by atoms with E-state index in [0.29, 0.717) is 18.7 Å². The highest BCUT2D eigenvalue weighted by Crippen LogP contribution is 2.32. The van der Waals surface area contributed by atoms with Crippen LogP contribution in [0.4, 0.5) is 0 Å². The molecule has 0 atom stereocenters. The minimum Gasteiger partial charge on any atom is -0.496 e. The van der Waals surface area contributed by atoms with Crippen molar-refractivity contribution in [2.45, 2.75) is 13.3 Å². The third kappa shape index (κ3) is 3.91. The Kier molecular flexibility index (Phi) is 5.64. The van der Waals surface area contributed by atoms with Crippen molar-refractivity contribution in [3.05, 3.63) is 83.7 Å². The molecule has 0 fully saturated rings. The number of hydrogen-bond donors (Lipinski definition) is 0. The first-order valence-corrected chi connectivity index (χ1v) is 8.57. The van der Waals surface area contributed by atoms with E-state index in [1.807, 2.05) is 60.7 Å². The Balaban J connectivity index is 2.09. The molecule has 132 valence electrons. The van der Waals surface area contributed by atoms with Crippen LogP contribution in [0, 0.1) is 0 Å². The standard InChI is InChI=1S/C22H21NO3/c1-3-26-22(24)19-14-13-17(18-11-7-8-12-21(18)25-2)20(23-19)15-16-9-5-4-6-10-16/h4-14H,3,15H2,1-2H3. The third-order valence-corrected chi connectivity index (χ3v) is 4.07. The predicted octanol–water partition coefficient (Wildman–Crippen LogP) is 4.52. The lowest BCUT2D eigenvalue weighted by molar-refractivity contribution is 0.0519. The topological polar surface area (TPSA) is 48.4 Å². The van der Waals surface area contributed by atoms with Gasteiger partial charge >= 0.3 is 5.97 Å². The maximum absolute atomic E-state index is 12.1. The van der Waals surface area contributed by atoms with E-state index in [1.54, 1.807) is 20.1 Å². The van der Waals surface area contributed by atoms with Crippen molar-refractivity contribution in [1.29, 1.82) is 0 Å². The number of nitrogens with zero attached hydrogens (tertiary/aromatic N) is 1. The Hall–Kier alpha value is -3.14. The molecule has 3 aromatic rings. The molecule has 0 aliphatic heterocycles. The maximum atomic E-state index is 12.1. The van der Waals surface area contributed by atoms with Crippen LogP contribution < -0.4 is 4.74 Å². The van der Waals surface area contributed by atoms with Gasteiger partial charge in [-0.1, -0.05) is 48.5 Å². The summed E-state index contributed by atoms with van der Waals surface area (Å²) < 4.78 is 10.6. The zero-order valence-corrected chi connectivity index (χ0v) is 14.9. The molecule has 1 aromatic heterocycles. The van der Waals surface area contributed by atoms with Gasteiger partial charge < -0.3 is 9.47 Å². The molecule has 26 heavy (non-hydrogen) atoms. The van der Waals surface area contributed by atoms with E-state index in [0.717, 1.165) is 28.1 Å².